The Labute approximate surface area is 319 Å². The summed E-state index contributed by atoms with van der Waals surface area (Å²) >= 11 is 6.11. The molecule has 1 N–H and O–H groups in total. The van der Waals surface area contributed by atoms with E-state index < -0.39 is 47.1 Å². The van der Waals surface area contributed by atoms with Gasteiger partial charge >= 0.3 is 18.2 Å². The van der Waals surface area contributed by atoms with Crippen molar-refractivity contribution in [2.75, 3.05) is 12.0 Å². The number of ether oxygens (including phenoxy) is 4. The third kappa shape index (κ3) is 10.2. The van der Waals surface area contributed by atoms with Crippen LogP contribution in [0.5, 0.6) is 5.75 Å². The van der Waals surface area contributed by atoms with Gasteiger partial charge in [-0.05, 0) is 100 Å². The van der Waals surface area contributed by atoms with Gasteiger partial charge in [0.25, 0.3) is 5.91 Å². The summed E-state index contributed by atoms with van der Waals surface area (Å²) in [6.07, 6.45) is -2.17. The van der Waals surface area contributed by atoms with E-state index in [9.17, 15) is 19.2 Å². The number of rotatable bonds is 10. The summed E-state index contributed by atoms with van der Waals surface area (Å²) in [6.45, 7) is 10.2. The molecule has 54 heavy (non-hydrogen) atoms. The summed E-state index contributed by atoms with van der Waals surface area (Å²) < 4.78 is 28.4. The Kier molecular flexibility index (Phi) is 12.0. The lowest BCUT2D eigenvalue weighted by molar-refractivity contribution is -0.142. The standard InChI is InChI=1S/C42H43ClN2O9/c1-41(2,3)53-39(48)45(40(49)54-42(4,5)6)35-32-22-17-29(28-15-18-30(43)19-16-28)24-34(32)52-36(35)37(46)44-33(38(47)50-7)23-26-13-20-31(21-14-26)51-25-27-11-9-8-10-12-27/h8-22,24,33H,23,25H2,1-7H3,(H,44,46)/t33-/m0/s1. The number of anilines is 1. The van der Waals surface area contributed by atoms with Gasteiger partial charge in [-0.25, -0.2) is 14.4 Å². The minimum absolute atomic E-state index is 0.0372. The number of methoxy groups -OCH3 is 1. The maximum absolute atomic E-state index is 14.3. The van der Waals surface area contributed by atoms with Gasteiger partial charge in [-0.1, -0.05) is 72.3 Å². The molecule has 0 aliphatic carbocycles. The fraction of sp³-hybridized carbons (Fsp3) is 0.286. The SMILES string of the molecule is COC(=O)[C@H](Cc1ccc(OCc2ccccc2)cc1)NC(=O)c1oc2cc(-c3ccc(Cl)cc3)ccc2c1N(C(=O)OC(C)(C)C)C(=O)OC(C)(C)C. The molecule has 1 heterocycles. The van der Waals surface area contributed by atoms with Gasteiger partial charge in [0.1, 0.15) is 40.9 Å². The summed E-state index contributed by atoms with van der Waals surface area (Å²) in [5, 5.41) is 3.48. The van der Waals surface area contributed by atoms with Gasteiger partial charge in [-0.2, -0.15) is 4.90 Å². The molecule has 0 unspecified atom stereocenters. The summed E-state index contributed by atoms with van der Waals surface area (Å²) in [6, 6.07) is 27.8. The van der Waals surface area contributed by atoms with Gasteiger partial charge in [0.05, 0.1) is 7.11 Å². The van der Waals surface area contributed by atoms with Gasteiger partial charge in [0.15, 0.2) is 0 Å². The van der Waals surface area contributed by atoms with Gasteiger partial charge in [0, 0.05) is 16.8 Å². The summed E-state index contributed by atoms with van der Waals surface area (Å²) in [4.78, 5) is 55.7. The zero-order valence-corrected chi connectivity index (χ0v) is 32.0. The molecule has 282 valence electrons. The van der Waals surface area contributed by atoms with Gasteiger partial charge < -0.3 is 28.7 Å². The fourth-order valence-electron chi connectivity index (χ4n) is 5.41. The molecule has 1 atom stereocenters. The molecule has 11 nitrogen and oxygen atoms in total. The Morgan fingerprint density at radius 1 is 0.759 bits per heavy atom. The highest BCUT2D eigenvalue weighted by molar-refractivity contribution is 6.30. The molecule has 5 rings (SSSR count). The number of fused-ring (bicyclic) bond motifs is 1. The zero-order valence-electron chi connectivity index (χ0n) is 31.2. The van der Waals surface area contributed by atoms with Crippen molar-refractivity contribution in [3.05, 3.63) is 119 Å². The van der Waals surface area contributed by atoms with Crippen LogP contribution in [-0.4, -0.2) is 48.4 Å². The number of hydrogen-bond donors (Lipinski definition) is 1. The first-order valence-corrected chi connectivity index (χ1v) is 17.6. The average molecular weight is 755 g/mol. The van der Waals surface area contributed by atoms with Crippen molar-refractivity contribution in [1.29, 1.82) is 0 Å². The third-order valence-electron chi connectivity index (χ3n) is 7.83. The molecule has 0 fully saturated rings. The second-order valence-corrected chi connectivity index (χ2v) is 14.9. The highest BCUT2D eigenvalue weighted by Gasteiger charge is 2.39. The zero-order chi connectivity index (χ0) is 39.2. The lowest BCUT2D eigenvalue weighted by Crippen LogP contribution is -2.46. The molecular formula is C42H43ClN2O9. The molecule has 0 aliphatic rings. The lowest BCUT2D eigenvalue weighted by Gasteiger charge is -2.28. The average Bonchev–Trinajstić information content (AvgIpc) is 3.48. The van der Waals surface area contributed by atoms with E-state index in [1.165, 1.54) is 7.11 Å². The van der Waals surface area contributed by atoms with Crippen LogP contribution < -0.4 is 15.0 Å². The van der Waals surface area contributed by atoms with Crippen LogP contribution in [-0.2, 0) is 32.0 Å². The number of amides is 3. The molecule has 0 radical (unpaired) electrons. The predicted molar refractivity (Wildman–Crippen MR) is 206 cm³/mol. The third-order valence-corrected chi connectivity index (χ3v) is 8.08. The van der Waals surface area contributed by atoms with E-state index >= 15 is 0 Å². The van der Waals surface area contributed by atoms with Crippen LogP contribution >= 0.6 is 11.6 Å². The Hall–Kier alpha value is -5.81. The number of carbonyl (C=O) groups excluding carboxylic acids is 4. The lowest BCUT2D eigenvalue weighted by atomic mass is 10.0. The van der Waals surface area contributed by atoms with Gasteiger partial charge in [-0.15, -0.1) is 0 Å². The van der Waals surface area contributed by atoms with Crippen LogP contribution in [0.1, 0.15) is 63.2 Å². The monoisotopic (exact) mass is 754 g/mol. The maximum Gasteiger partial charge on any atom is 0.424 e. The van der Waals surface area contributed by atoms with E-state index in [1.54, 1.807) is 96.1 Å². The number of hydrogen-bond acceptors (Lipinski definition) is 9. The van der Waals surface area contributed by atoms with Crippen molar-refractivity contribution < 1.29 is 42.5 Å². The first kappa shape index (κ1) is 39.4. The molecule has 0 aliphatic heterocycles. The van der Waals surface area contributed by atoms with Gasteiger partial charge in [-0.3, -0.25) is 4.79 Å². The number of nitrogens with zero attached hydrogens (tertiary/aromatic N) is 1. The van der Waals surface area contributed by atoms with Crippen molar-refractivity contribution in [1.82, 2.24) is 5.32 Å². The van der Waals surface area contributed by atoms with Crippen molar-refractivity contribution in [2.45, 2.75) is 71.8 Å². The van der Waals surface area contributed by atoms with E-state index in [2.05, 4.69) is 5.32 Å². The Morgan fingerprint density at radius 2 is 1.35 bits per heavy atom. The van der Waals surface area contributed by atoms with Crippen LogP contribution in [0, 0.1) is 0 Å². The summed E-state index contributed by atoms with van der Waals surface area (Å²) in [5.41, 5.74) is 1.09. The summed E-state index contributed by atoms with van der Waals surface area (Å²) in [5.74, 6) is -1.44. The topological polar surface area (TPSA) is 134 Å². The van der Waals surface area contributed by atoms with E-state index in [-0.39, 0.29) is 23.1 Å². The second kappa shape index (κ2) is 16.5. The minimum atomic E-state index is -1.19. The first-order chi connectivity index (χ1) is 25.5. The molecule has 3 amide bonds. The number of imide groups is 1. The molecule has 0 bridgehead atoms. The van der Waals surface area contributed by atoms with Crippen molar-refractivity contribution in [3.8, 4) is 16.9 Å². The largest absolute Gasteiger partial charge is 0.489 e. The van der Waals surface area contributed by atoms with E-state index in [0.29, 0.717) is 33.4 Å². The van der Waals surface area contributed by atoms with Crippen LogP contribution in [0.25, 0.3) is 22.1 Å². The van der Waals surface area contributed by atoms with Crippen LogP contribution in [0.15, 0.2) is 101 Å². The van der Waals surface area contributed by atoms with E-state index in [1.807, 2.05) is 42.5 Å². The molecule has 1 aromatic heterocycles. The smallest absolute Gasteiger partial charge is 0.424 e. The number of esters is 1. The fourth-order valence-corrected chi connectivity index (χ4v) is 5.54. The number of furan rings is 1. The molecule has 5 aromatic rings. The highest BCUT2D eigenvalue weighted by Crippen LogP contribution is 2.38. The predicted octanol–water partition coefficient (Wildman–Crippen LogP) is 9.52. The van der Waals surface area contributed by atoms with Gasteiger partial charge in [0.2, 0.25) is 5.76 Å². The Bertz CT molecular complexity index is 2090. The molecule has 12 heteroatoms. The van der Waals surface area contributed by atoms with Crippen LogP contribution in [0.4, 0.5) is 15.3 Å². The molecule has 0 saturated carbocycles. The molecule has 0 saturated heterocycles. The van der Waals surface area contributed by atoms with E-state index in [0.717, 1.165) is 11.1 Å². The number of benzene rings is 4. The maximum atomic E-state index is 14.3. The van der Waals surface area contributed by atoms with Crippen molar-refractivity contribution in [2.24, 2.45) is 0 Å². The van der Waals surface area contributed by atoms with Crippen molar-refractivity contribution >= 4 is 52.3 Å². The molecule has 0 spiro atoms. The number of halogens is 1. The van der Waals surface area contributed by atoms with Crippen LogP contribution in [0.3, 0.4) is 0 Å². The van der Waals surface area contributed by atoms with Crippen molar-refractivity contribution in [3.63, 3.8) is 0 Å². The Balaban J connectivity index is 1.53. The first-order valence-electron chi connectivity index (χ1n) is 17.2. The van der Waals surface area contributed by atoms with Crippen LogP contribution in [0.2, 0.25) is 5.02 Å². The highest BCUT2D eigenvalue weighted by atomic mass is 35.5. The number of carbonyl (C=O) groups is 4. The quantitative estimate of drug-likeness (QED) is 0.109. The minimum Gasteiger partial charge on any atom is -0.489 e. The second-order valence-electron chi connectivity index (χ2n) is 14.5. The van der Waals surface area contributed by atoms with E-state index in [4.69, 9.17) is 35.0 Å². The summed E-state index contributed by atoms with van der Waals surface area (Å²) in [7, 11) is 1.21. The molecule has 4 aromatic carbocycles. The Morgan fingerprint density at radius 3 is 1.93 bits per heavy atom. The number of nitrogens with one attached hydrogen (secondary N) is 1. The normalized spacial score (nSPS) is 12.1. The molecular weight excluding hydrogens is 712 g/mol.